The molecule has 4 rings (SSSR count). The van der Waals surface area contributed by atoms with Crippen LogP contribution in [0.3, 0.4) is 0 Å². The van der Waals surface area contributed by atoms with Gasteiger partial charge in [-0.2, -0.15) is 8.42 Å². The first-order chi connectivity index (χ1) is 13.8. The quantitative estimate of drug-likeness (QED) is 0.640. The average Bonchev–Trinajstić information content (AvgIpc) is 2.91. The van der Waals surface area contributed by atoms with Crippen LogP contribution in [0.5, 0.6) is 0 Å². The van der Waals surface area contributed by atoms with Gasteiger partial charge in [0.1, 0.15) is 12.2 Å². The maximum atomic E-state index is 12.9. The smallest absolute Gasteiger partial charge is 0.264 e. The Kier molecular flexibility index (Phi) is 5.13. The lowest BCUT2D eigenvalue weighted by atomic mass is 9.45. The molecular formula is C22H32O7S. The Labute approximate surface area is 178 Å². The van der Waals surface area contributed by atoms with Crippen molar-refractivity contribution in [2.75, 3.05) is 12.9 Å². The molecule has 30 heavy (non-hydrogen) atoms. The molecule has 0 aromatic carbocycles. The Bertz CT molecular complexity index is 908. The molecule has 0 aromatic heterocycles. The van der Waals surface area contributed by atoms with Gasteiger partial charge in [0.05, 0.1) is 12.4 Å². The first kappa shape index (κ1) is 22.1. The summed E-state index contributed by atoms with van der Waals surface area (Å²) < 4.78 is 27.3. The third-order valence-electron chi connectivity index (χ3n) is 8.91. The third-order valence-corrected chi connectivity index (χ3v) is 9.46. The van der Waals surface area contributed by atoms with Gasteiger partial charge >= 0.3 is 0 Å². The zero-order valence-corrected chi connectivity index (χ0v) is 18.7. The van der Waals surface area contributed by atoms with Gasteiger partial charge in [0, 0.05) is 11.8 Å². The van der Waals surface area contributed by atoms with Crippen molar-refractivity contribution in [1.82, 2.24) is 0 Å². The van der Waals surface area contributed by atoms with Crippen LogP contribution in [0.4, 0.5) is 0 Å². The van der Waals surface area contributed by atoms with Crippen molar-refractivity contribution in [2.45, 2.75) is 70.5 Å². The zero-order valence-electron chi connectivity index (χ0n) is 17.9. The molecule has 0 amide bonds. The number of fused-ring (bicyclic) bond motifs is 5. The lowest BCUT2D eigenvalue weighted by Gasteiger charge is -2.60. The highest BCUT2D eigenvalue weighted by Crippen LogP contribution is 2.67. The summed E-state index contributed by atoms with van der Waals surface area (Å²) in [6, 6.07) is 0. The lowest BCUT2D eigenvalue weighted by molar-refractivity contribution is -0.181. The monoisotopic (exact) mass is 440 g/mol. The van der Waals surface area contributed by atoms with Crippen molar-refractivity contribution < 1.29 is 32.4 Å². The topological polar surface area (TPSA) is 118 Å². The Morgan fingerprint density at radius 1 is 1.23 bits per heavy atom. The Morgan fingerprint density at radius 2 is 1.93 bits per heavy atom. The highest BCUT2D eigenvalue weighted by atomic mass is 32.2. The van der Waals surface area contributed by atoms with E-state index in [-0.39, 0.29) is 41.8 Å². The molecule has 2 N–H and O–H groups in total. The summed E-state index contributed by atoms with van der Waals surface area (Å²) in [5, 5.41) is 22.8. The van der Waals surface area contributed by atoms with Crippen LogP contribution in [-0.2, 0) is 23.9 Å². The molecule has 0 heterocycles. The maximum absolute atomic E-state index is 12.9. The number of rotatable bonds is 4. The minimum atomic E-state index is -3.80. The van der Waals surface area contributed by atoms with Crippen molar-refractivity contribution in [1.29, 1.82) is 0 Å². The molecule has 7 atom stereocenters. The number of hydrogen-bond donors (Lipinski definition) is 2. The summed E-state index contributed by atoms with van der Waals surface area (Å²) in [5.41, 5.74) is -1.66. The maximum Gasteiger partial charge on any atom is 0.264 e. The van der Waals surface area contributed by atoms with E-state index in [9.17, 15) is 28.2 Å². The molecule has 3 fully saturated rings. The summed E-state index contributed by atoms with van der Waals surface area (Å²) >= 11 is 0. The number of carbonyl (C=O) groups is 2. The molecule has 0 spiro atoms. The molecule has 7 nitrogen and oxygen atoms in total. The van der Waals surface area contributed by atoms with Crippen molar-refractivity contribution in [3.8, 4) is 0 Å². The fraction of sp³-hybridized carbons (Fsp3) is 0.818. The summed E-state index contributed by atoms with van der Waals surface area (Å²) in [7, 11) is -3.80. The summed E-state index contributed by atoms with van der Waals surface area (Å²) in [6.45, 7) is 3.33. The molecule has 3 saturated carbocycles. The SMILES string of the molecule is C[C@]12CCC(=O)C=C1CC[C@@H]1[C@@H]2C(O)C[C@@]2(C)[C@H]1CC[C@]2(O)C(=O)COS(C)(=O)=O. The molecule has 0 aromatic rings. The van der Waals surface area contributed by atoms with E-state index < -0.39 is 39.6 Å². The molecule has 0 aliphatic heterocycles. The molecule has 8 heteroatoms. The molecule has 4 aliphatic carbocycles. The van der Waals surface area contributed by atoms with E-state index in [4.69, 9.17) is 0 Å². The number of allylic oxidation sites excluding steroid dienone is 1. The van der Waals surface area contributed by atoms with Gasteiger partial charge in [-0.25, -0.2) is 0 Å². The van der Waals surface area contributed by atoms with E-state index in [0.29, 0.717) is 12.8 Å². The van der Waals surface area contributed by atoms with Crippen LogP contribution < -0.4 is 0 Å². The van der Waals surface area contributed by atoms with Crippen molar-refractivity contribution in [3.05, 3.63) is 11.6 Å². The standard InChI is InChI=1S/C22H32O7S/c1-20-8-6-14(23)10-13(20)4-5-15-16-7-9-22(26,18(25)12-29-30(3,27)28)21(16,2)11-17(24)19(15)20/h10,15-17,19,24,26H,4-9,11-12H2,1-3H3/t15-,16-,17?,19+,20-,21-,22-/m0/s1. The Morgan fingerprint density at radius 3 is 2.60 bits per heavy atom. The first-order valence-electron chi connectivity index (χ1n) is 10.8. The Hall–Kier alpha value is -1.09. The number of hydrogen-bond acceptors (Lipinski definition) is 7. The van der Waals surface area contributed by atoms with Crippen molar-refractivity contribution in [2.24, 2.45) is 28.6 Å². The molecule has 168 valence electrons. The van der Waals surface area contributed by atoms with Gasteiger partial charge in [-0.3, -0.25) is 13.8 Å². The number of carbonyl (C=O) groups excluding carboxylic acids is 2. The second-order valence-corrected chi connectivity index (χ2v) is 12.0. The lowest BCUT2D eigenvalue weighted by Crippen LogP contribution is -2.62. The highest BCUT2D eigenvalue weighted by molar-refractivity contribution is 7.86. The van der Waals surface area contributed by atoms with Crippen LogP contribution in [0.1, 0.15) is 58.8 Å². The average molecular weight is 441 g/mol. The molecule has 0 radical (unpaired) electrons. The van der Waals surface area contributed by atoms with Crippen LogP contribution in [-0.4, -0.2) is 54.8 Å². The van der Waals surface area contributed by atoms with Crippen LogP contribution in [0, 0.1) is 28.6 Å². The summed E-state index contributed by atoms with van der Waals surface area (Å²) in [4.78, 5) is 24.9. The van der Waals surface area contributed by atoms with Crippen molar-refractivity contribution >= 4 is 21.7 Å². The molecule has 0 bridgehead atoms. The molecule has 4 aliphatic rings. The summed E-state index contributed by atoms with van der Waals surface area (Å²) in [5.74, 6) is -0.286. The minimum Gasteiger partial charge on any atom is -0.393 e. The Balaban J connectivity index is 1.65. The van der Waals surface area contributed by atoms with Gasteiger partial charge in [0.15, 0.2) is 11.6 Å². The largest absolute Gasteiger partial charge is 0.393 e. The van der Waals surface area contributed by atoms with E-state index in [1.165, 1.54) is 0 Å². The second kappa shape index (κ2) is 6.95. The van der Waals surface area contributed by atoms with Gasteiger partial charge < -0.3 is 10.2 Å². The predicted octanol–water partition coefficient (Wildman–Crippen LogP) is 1.77. The fourth-order valence-electron chi connectivity index (χ4n) is 7.43. The second-order valence-electron chi connectivity index (χ2n) is 10.4. The van der Waals surface area contributed by atoms with Gasteiger partial charge in [-0.05, 0) is 67.8 Å². The van der Waals surface area contributed by atoms with Gasteiger partial charge in [0.2, 0.25) is 0 Å². The van der Waals surface area contributed by atoms with E-state index in [1.807, 2.05) is 6.92 Å². The van der Waals surface area contributed by atoms with Crippen LogP contribution in [0.15, 0.2) is 11.6 Å². The van der Waals surface area contributed by atoms with Gasteiger partial charge in [0.25, 0.3) is 10.1 Å². The highest BCUT2D eigenvalue weighted by Gasteiger charge is 2.68. The van der Waals surface area contributed by atoms with E-state index in [2.05, 4.69) is 11.1 Å². The van der Waals surface area contributed by atoms with Gasteiger partial charge in [-0.15, -0.1) is 0 Å². The molecule has 1 unspecified atom stereocenters. The van der Waals surface area contributed by atoms with Crippen LogP contribution in [0.25, 0.3) is 0 Å². The van der Waals surface area contributed by atoms with Crippen LogP contribution >= 0.6 is 0 Å². The van der Waals surface area contributed by atoms with E-state index >= 15 is 0 Å². The predicted molar refractivity (Wildman–Crippen MR) is 109 cm³/mol. The van der Waals surface area contributed by atoms with E-state index in [0.717, 1.165) is 31.1 Å². The number of Topliss-reactive ketones (excluding diaryl/α,β-unsaturated/α-hetero) is 1. The molecular weight excluding hydrogens is 408 g/mol. The number of ketones is 2. The molecule has 0 saturated heterocycles. The van der Waals surface area contributed by atoms with Crippen LogP contribution in [0.2, 0.25) is 0 Å². The normalized spacial score (nSPS) is 45.9. The summed E-state index contributed by atoms with van der Waals surface area (Å²) in [6.07, 6.45) is 5.95. The number of aliphatic hydroxyl groups excluding tert-OH is 1. The van der Waals surface area contributed by atoms with Gasteiger partial charge in [-0.1, -0.05) is 19.4 Å². The number of aliphatic hydroxyl groups is 2. The first-order valence-corrected chi connectivity index (χ1v) is 12.7. The minimum absolute atomic E-state index is 0.00611. The van der Waals surface area contributed by atoms with E-state index in [1.54, 1.807) is 6.08 Å². The van der Waals surface area contributed by atoms with Crippen molar-refractivity contribution in [3.63, 3.8) is 0 Å². The fourth-order valence-corrected chi connectivity index (χ4v) is 7.75. The third kappa shape index (κ3) is 3.14. The zero-order chi connectivity index (χ0) is 22.1.